The first-order valence-corrected chi connectivity index (χ1v) is 8.81. The molecule has 6 heteroatoms. The van der Waals surface area contributed by atoms with E-state index >= 15 is 0 Å². The minimum atomic E-state index is -3.24. The molecule has 0 aliphatic carbocycles. The fourth-order valence-corrected chi connectivity index (χ4v) is 3.08. The fraction of sp³-hybridized carbons (Fsp3) is 0.267. The number of aryl methyl sites for hydroxylation is 1. The highest BCUT2D eigenvalue weighted by Gasteiger charge is 2.23. The summed E-state index contributed by atoms with van der Waals surface area (Å²) >= 11 is 5.88. The van der Waals surface area contributed by atoms with Crippen LogP contribution in [-0.2, 0) is 16.3 Å². The summed E-state index contributed by atoms with van der Waals surface area (Å²) in [6.07, 6.45) is 3.96. The van der Waals surface area contributed by atoms with E-state index in [2.05, 4.69) is 4.98 Å². The first kappa shape index (κ1) is 14.4. The number of fused-ring (bicyclic) bond motifs is 1. The first-order chi connectivity index (χ1) is 9.93. The number of nitrogens with zero attached hydrogens (tertiary/aromatic N) is 1. The highest BCUT2D eigenvalue weighted by Crippen LogP contribution is 2.34. The van der Waals surface area contributed by atoms with Crippen molar-refractivity contribution in [2.75, 3.05) is 6.26 Å². The van der Waals surface area contributed by atoms with Crippen LogP contribution < -0.4 is 4.74 Å². The van der Waals surface area contributed by atoms with Gasteiger partial charge in [0.2, 0.25) is 5.88 Å². The van der Waals surface area contributed by atoms with Gasteiger partial charge < -0.3 is 4.74 Å². The molecule has 1 atom stereocenters. The number of halogens is 1. The van der Waals surface area contributed by atoms with Crippen LogP contribution in [0.4, 0.5) is 0 Å². The molecule has 0 amide bonds. The molecule has 0 radical (unpaired) electrons. The molecule has 1 aromatic carbocycles. The van der Waals surface area contributed by atoms with Crippen LogP contribution >= 0.6 is 11.6 Å². The fourth-order valence-electron chi connectivity index (χ4n) is 2.36. The second-order valence-electron chi connectivity index (χ2n) is 5.10. The maximum absolute atomic E-state index is 11.5. The van der Waals surface area contributed by atoms with Crippen molar-refractivity contribution in [2.45, 2.75) is 23.8 Å². The Morgan fingerprint density at radius 2 is 2.00 bits per heavy atom. The van der Waals surface area contributed by atoms with Gasteiger partial charge in [-0.1, -0.05) is 23.7 Å². The van der Waals surface area contributed by atoms with Crippen molar-refractivity contribution in [1.29, 1.82) is 0 Å². The van der Waals surface area contributed by atoms with Crippen molar-refractivity contribution in [3.05, 3.63) is 52.7 Å². The van der Waals surface area contributed by atoms with E-state index in [1.807, 2.05) is 24.3 Å². The van der Waals surface area contributed by atoms with Crippen molar-refractivity contribution >= 4 is 21.4 Å². The van der Waals surface area contributed by atoms with Crippen LogP contribution in [0, 0.1) is 0 Å². The van der Waals surface area contributed by atoms with E-state index in [9.17, 15) is 8.42 Å². The van der Waals surface area contributed by atoms with Crippen LogP contribution in [0.2, 0.25) is 5.02 Å². The molecule has 0 spiro atoms. The third-order valence-corrected chi connectivity index (χ3v) is 4.83. The quantitative estimate of drug-likeness (QED) is 0.851. The first-order valence-electron chi connectivity index (χ1n) is 6.54. The summed E-state index contributed by atoms with van der Waals surface area (Å²) in [6.45, 7) is 0. The average molecular weight is 324 g/mol. The molecule has 0 N–H and O–H groups in total. The molecule has 0 saturated heterocycles. The lowest BCUT2D eigenvalue weighted by Crippen LogP contribution is -2.16. The van der Waals surface area contributed by atoms with Crippen LogP contribution in [0.3, 0.4) is 0 Å². The molecule has 110 valence electrons. The largest absolute Gasteiger partial charge is 0.469 e. The molecule has 2 heterocycles. The second-order valence-corrected chi connectivity index (χ2v) is 7.56. The zero-order valence-corrected chi connectivity index (χ0v) is 13.0. The lowest BCUT2D eigenvalue weighted by Gasteiger charge is -2.25. The molecule has 0 unspecified atom stereocenters. The van der Waals surface area contributed by atoms with E-state index in [-0.39, 0.29) is 11.0 Å². The van der Waals surface area contributed by atoms with Crippen molar-refractivity contribution in [1.82, 2.24) is 4.98 Å². The van der Waals surface area contributed by atoms with Crippen molar-refractivity contribution in [3.8, 4) is 5.88 Å². The van der Waals surface area contributed by atoms with Gasteiger partial charge in [0.05, 0.1) is 4.90 Å². The average Bonchev–Trinajstić information content (AvgIpc) is 2.46. The molecule has 1 aromatic heterocycles. The lowest BCUT2D eigenvalue weighted by atomic mass is 9.99. The van der Waals surface area contributed by atoms with Crippen molar-refractivity contribution in [2.24, 2.45) is 0 Å². The predicted molar refractivity (Wildman–Crippen MR) is 80.5 cm³/mol. The molecule has 0 saturated carbocycles. The molecular formula is C15H14ClNO3S. The summed E-state index contributed by atoms with van der Waals surface area (Å²) in [7, 11) is -3.24. The van der Waals surface area contributed by atoms with Gasteiger partial charge in [-0.05, 0) is 36.6 Å². The van der Waals surface area contributed by atoms with Gasteiger partial charge in [-0.15, -0.1) is 0 Å². The van der Waals surface area contributed by atoms with Gasteiger partial charge in [-0.3, -0.25) is 0 Å². The van der Waals surface area contributed by atoms with E-state index < -0.39 is 9.84 Å². The van der Waals surface area contributed by atoms with E-state index in [1.165, 1.54) is 12.5 Å². The molecule has 2 aromatic rings. The highest BCUT2D eigenvalue weighted by molar-refractivity contribution is 7.90. The number of hydrogen-bond donors (Lipinski definition) is 0. The zero-order valence-electron chi connectivity index (χ0n) is 11.4. The van der Waals surface area contributed by atoms with E-state index in [0.717, 1.165) is 24.0 Å². The SMILES string of the molecule is CS(=O)(=O)c1cnc2c(c1)CC[C@@H](c1ccc(Cl)cc1)O2. The molecule has 0 fully saturated rings. The normalized spacial score (nSPS) is 17.9. The lowest BCUT2D eigenvalue weighted by molar-refractivity contribution is 0.167. The Morgan fingerprint density at radius 1 is 1.29 bits per heavy atom. The molecular weight excluding hydrogens is 310 g/mol. The van der Waals surface area contributed by atoms with Gasteiger partial charge in [0, 0.05) is 23.0 Å². The number of benzene rings is 1. The monoisotopic (exact) mass is 323 g/mol. The van der Waals surface area contributed by atoms with E-state index in [0.29, 0.717) is 10.9 Å². The Balaban J connectivity index is 1.88. The Kier molecular flexibility index (Phi) is 3.63. The molecule has 4 nitrogen and oxygen atoms in total. The van der Waals surface area contributed by atoms with Crippen molar-refractivity contribution < 1.29 is 13.2 Å². The van der Waals surface area contributed by atoms with Crippen LogP contribution in [0.15, 0.2) is 41.4 Å². The van der Waals surface area contributed by atoms with E-state index in [1.54, 1.807) is 6.07 Å². The molecule has 0 bridgehead atoms. The minimum absolute atomic E-state index is 0.0775. The second kappa shape index (κ2) is 5.31. The zero-order chi connectivity index (χ0) is 15.0. The number of ether oxygens (including phenoxy) is 1. The number of hydrogen-bond acceptors (Lipinski definition) is 4. The van der Waals surface area contributed by atoms with Crippen LogP contribution in [0.5, 0.6) is 5.88 Å². The molecule has 1 aliphatic rings. The standard InChI is InChI=1S/C15H14ClNO3S/c1-21(18,19)13-8-11-4-7-14(20-15(11)17-9-13)10-2-5-12(16)6-3-10/h2-3,5-6,8-9,14H,4,7H2,1H3/t14-/m0/s1. The van der Waals surface area contributed by atoms with Gasteiger partial charge in [-0.25, -0.2) is 13.4 Å². The predicted octanol–water partition coefficient (Wildman–Crippen LogP) is 3.20. The number of sulfone groups is 1. The van der Waals surface area contributed by atoms with Crippen LogP contribution in [-0.4, -0.2) is 19.7 Å². The van der Waals surface area contributed by atoms with Gasteiger partial charge in [0.1, 0.15) is 6.10 Å². The summed E-state index contributed by atoms with van der Waals surface area (Å²) in [5.41, 5.74) is 1.88. The maximum atomic E-state index is 11.5. The summed E-state index contributed by atoms with van der Waals surface area (Å²) in [4.78, 5) is 4.38. The summed E-state index contributed by atoms with van der Waals surface area (Å²) in [6, 6.07) is 9.17. The minimum Gasteiger partial charge on any atom is -0.469 e. The topological polar surface area (TPSA) is 56.3 Å². The summed E-state index contributed by atoms with van der Waals surface area (Å²) < 4.78 is 29.0. The van der Waals surface area contributed by atoms with Crippen molar-refractivity contribution in [3.63, 3.8) is 0 Å². The van der Waals surface area contributed by atoms with E-state index in [4.69, 9.17) is 16.3 Å². The smallest absolute Gasteiger partial charge is 0.217 e. The number of rotatable bonds is 2. The Hall–Kier alpha value is -1.59. The Bertz CT molecular complexity index is 772. The van der Waals surface area contributed by atoms with Crippen LogP contribution in [0.25, 0.3) is 0 Å². The van der Waals surface area contributed by atoms with Gasteiger partial charge in [0.15, 0.2) is 9.84 Å². The number of pyridine rings is 1. The molecule has 21 heavy (non-hydrogen) atoms. The maximum Gasteiger partial charge on any atom is 0.217 e. The molecule has 1 aliphatic heterocycles. The summed E-state index contributed by atoms with van der Waals surface area (Å²) in [5.74, 6) is 0.508. The highest BCUT2D eigenvalue weighted by atomic mass is 35.5. The number of aromatic nitrogens is 1. The summed E-state index contributed by atoms with van der Waals surface area (Å²) in [5, 5.41) is 0.686. The Morgan fingerprint density at radius 3 is 2.67 bits per heavy atom. The molecule has 3 rings (SSSR count). The van der Waals surface area contributed by atoms with Crippen LogP contribution in [0.1, 0.15) is 23.7 Å². The van der Waals surface area contributed by atoms with Gasteiger partial charge in [0.25, 0.3) is 0 Å². The van der Waals surface area contributed by atoms with Gasteiger partial charge in [-0.2, -0.15) is 0 Å². The Labute approximate surface area is 128 Å². The third kappa shape index (κ3) is 3.04. The third-order valence-electron chi connectivity index (χ3n) is 3.50. The van der Waals surface area contributed by atoms with Gasteiger partial charge >= 0.3 is 0 Å².